The molecule has 3 N–H and O–H groups in total. The Hall–Kier alpha value is -0.500. The van der Waals surface area contributed by atoms with Gasteiger partial charge in [0.05, 0.1) is 6.10 Å². The standard InChI is InChI=1S/C17H25FNOP/c18-14-4-8-16(9-5-14)21(19)12-17(10-1-11-17)13-2-6-15(20)7-3-13/h4-5,8-9,13,15,20H,1-3,6-7,10-12,19H2. The number of hydrogen-bond donors (Lipinski definition) is 2. The molecule has 0 radical (unpaired) electrons. The molecule has 0 saturated heterocycles. The van der Waals surface area contributed by atoms with Crippen molar-refractivity contribution in [1.82, 2.24) is 0 Å². The van der Waals surface area contributed by atoms with Crippen LogP contribution in [0.15, 0.2) is 24.3 Å². The first-order valence-corrected chi connectivity index (χ1v) is 9.64. The second kappa shape index (κ2) is 6.32. The minimum Gasteiger partial charge on any atom is -0.393 e. The molecule has 2 nitrogen and oxygen atoms in total. The molecule has 0 heterocycles. The summed E-state index contributed by atoms with van der Waals surface area (Å²) in [6.45, 7) is 0. The highest BCUT2D eigenvalue weighted by Crippen LogP contribution is 2.56. The van der Waals surface area contributed by atoms with Crippen molar-refractivity contribution in [2.45, 2.75) is 51.0 Å². The Morgan fingerprint density at radius 3 is 2.29 bits per heavy atom. The van der Waals surface area contributed by atoms with Crippen molar-refractivity contribution < 1.29 is 9.50 Å². The van der Waals surface area contributed by atoms with Crippen LogP contribution < -0.4 is 10.8 Å². The molecule has 1 aromatic rings. The molecule has 0 bridgehead atoms. The molecule has 0 amide bonds. The molecule has 0 aliphatic heterocycles. The highest BCUT2D eigenvalue weighted by atomic mass is 31.1. The predicted octanol–water partition coefficient (Wildman–Crippen LogP) is 3.53. The summed E-state index contributed by atoms with van der Waals surface area (Å²) in [7, 11) is -0.696. The molecule has 2 aliphatic carbocycles. The van der Waals surface area contributed by atoms with Crippen LogP contribution >= 0.6 is 8.07 Å². The molecule has 2 saturated carbocycles. The average Bonchev–Trinajstić information content (AvgIpc) is 2.44. The van der Waals surface area contributed by atoms with E-state index in [1.54, 1.807) is 0 Å². The van der Waals surface area contributed by atoms with E-state index in [-0.39, 0.29) is 11.9 Å². The molecule has 0 aromatic heterocycles. The highest BCUT2D eigenvalue weighted by Gasteiger charge is 2.45. The van der Waals surface area contributed by atoms with Crippen molar-refractivity contribution >= 4 is 13.4 Å². The topological polar surface area (TPSA) is 46.2 Å². The maximum Gasteiger partial charge on any atom is 0.123 e. The summed E-state index contributed by atoms with van der Waals surface area (Å²) >= 11 is 0. The quantitative estimate of drug-likeness (QED) is 0.836. The van der Waals surface area contributed by atoms with Crippen molar-refractivity contribution in [1.29, 1.82) is 0 Å². The average molecular weight is 309 g/mol. The third-order valence-electron chi connectivity index (χ3n) is 5.56. The van der Waals surface area contributed by atoms with E-state index in [1.807, 2.05) is 12.1 Å². The maximum atomic E-state index is 13.0. The van der Waals surface area contributed by atoms with Gasteiger partial charge in [0, 0.05) is 0 Å². The normalized spacial score (nSPS) is 29.7. The molecule has 21 heavy (non-hydrogen) atoms. The fourth-order valence-corrected chi connectivity index (χ4v) is 6.05. The second-order valence-electron chi connectivity index (χ2n) is 6.83. The molecule has 2 aliphatic rings. The van der Waals surface area contributed by atoms with Crippen LogP contribution in [0, 0.1) is 17.2 Å². The number of nitrogens with two attached hydrogens (primary N) is 1. The Kier molecular flexibility index (Phi) is 4.63. The SMILES string of the molecule is NP(CC1(C2CCC(O)CC2)CCC1)c1ccc(F)cc1. The van der Waals surface area contributed by atoms with Gasteiger partial charge in [-0.15, -0.1) is 0 Å². The summed E-state index contributed by atoms with van der Waals surface area (Å²) in [6, 6.07) is 6.72. The third kappa shape index (κ3) is 3.31. The molecule has 1 unspecified atom stereocenters. The zero-order valence-electron chi connectivity index (χ0n) is 12.5. The molecule has 3 rings (SSSR count). The molecule has 4 heteroatoms. The van der Waals surface area contributed by atoms with Crippen LogP contribution in [0.5, 0.6) is 0 Å². The number of hydrogen-bond acceptors (Lipinski definition) is 2. The number of rotatable bonds is 4. The summed E-state index contributed by atoms with van der Waals surface area (Å²) in [5.74, 6) is 0.533. The van der Waals surface area contributed by atoms with E-state index in [2.05, 4.69) is 0 Å². The van der Waals surface area contributed by atoms with E-state index in [0.717, 1.165) is 43.1 Å². The first-order chi connectivity index (χ1) is 10.1. The summed E-state index contributed by atoms with van der Waals surface area (Å²) in [4.78, 5) is 0. The van der Waals surface area contributed by atoms with Gasteiger partial charge >= 0.3 is 0 Å². The van der Waals surface area contributed by atoms with Gasteiger partial charge in [-0.2, -0.15) is 0 Å². The Balaban J connectivity index is 1.67. The zero-order chi connectivity index (χ0) is 14.9. The van der Waals surface area contributed by atoms with Gasteiger partial charge in [-0.3, -0.25) is 0 Å². The van der Waals surface area contributed by atoms with Crippen molar-refractivity contribution in [3.63, 3.8) is 0 Å². The summed E-state index contributed by atoms with van der Waals surface area (Å²) in [6.07, 6.45) is 9.05. The molecular weight excluding hydrogens is 284 g/mol. The van der Waals surface area contributed by atoms with Gasteiger partial charge in [0.1, 0.15) is 5.82 Å². The summed E-state index contributed by atoms with van der Waals surface area (Å²) in [5, 5.41) is 10.8. The lowest BCUT2D eigenvalue weighted by Crippen LogP contribution is -2.43. The number of benzene rings is 1. The van der Waals surface area contributed by atoms with Crippen LogP contribution in [-0.4, -0.2) is 17.4 Å². The van der Waals surface area contributed by atoms with Crippen molar-refractivity contribution in [3.05, 3.63) is 30.1 Å². The minimum atomic E-state index is -0.696. The van der Waals surface area contributed by atoms with Gasteiger partial charge in [0.15, 0.2) is 0 Å². The number of aliphatic hydroxyl groups excluding tert-OH is 1. The smallest absolute Gasteiger partial charge is 0.123 e. The van der Waals surface area contributed by atoms with Crippen LogP contribution in [0.4, 0.5) is 4.39 Å². The van der Waals surface area contributed by atoms with Crippen LogP contribution in [0.1, 0.15) is 44.9 Å². The first-order valence-electron chi connectivity index (χ1n) is 8.05. The maximum absolute atomic E-state index is 13.0. The highest BCUT2D eigenvalue weighted by molar-refractivity contribution is 7.63. The third-order valence-corrected chi connectivity index (χ3v) is 7.49. The van der Waals surface area contributed by atoms with E-state index in [9.17, 15) is 9.50 Å². The van der Waals surface area contributed by atoms with Gasteiger partial charge in [0.2, 0.25) is 0 Å². The fraction of sp³-hybridized carbons (Fsp3) is 0.647. The largest absolute Gasteiger partial charge is 0.393 e. The van der Waals surface area contributed by atoms with E-state index >= 15 is 0 Å². The van der Waals surface area contributed by atoms with Gasteiger partial charge in [-0.05, 0) is 81.5 Å². The van der Waals surface area contributed by atoms with E-state index in [4.69, 9.17) is 5.50 Å². The summed E-state index contributed by atoms with van der Waals surface area (Å²) in [5.41, 5.74) is 6.87. The van der Waals surface area contributed by atoms with Gasteiger partial charge in [0.25, 0.3) is 0 Å². The molecule has 2 fully saturated rings. The second-order valence-corrected chi connectivity index (χ2v) is 8.60. The number of halogens is 1. The first kappa shape index (κ1) is 15.4. The van der Waals surface area contributed by atoms with Crippen LogP contribution in [0.25, 0.3) is 0 Å². The van der Waals surface area contributed by atoms with Crippen molar-refractivity contribution in [2.75, 3.05) is 6.16 Å². The molecule has 0 spiro atoms. The van der Waals surface area contributed by atoms with Gasteiger partial charge < -0.3 is 10.6 Å². The monoisotopic (exact) mass is 309 g/mol. The Morgan fingerprint density at radius 2 is 1.76 bits per heavy atom. The summed E-state index contributed by atoms with van der Waals surface area (Å²) < 4.78 is 13.0. The Labute approximate surface area is 127 Å². The molecule has 116 valence electrons. The Morgan fingerprint density at radius 1 is 1.14 bits per heavy atom. The van der Waals surface area contributed by atoms with Crippen LogP contribution in [0.2, 0.25) is 0 Å². The fourth-order valence-electron chi connectivity index (χ4n) is 4.08. The lowest BCUT2D eigenvalue weighted by Gasteiger charge is -2.51. The minimum absolute atomic E-state index is 0.0881. The Bertz CT molecular complexity index is 466. The lowest BCUT2D eigenvalue weighted by atomic mass is 9.58. The number of aliphatic hydroxyl groups is 1. The van der Waals surface area contributed by atoms with Crippen molar-refractivity contribution in [3.8, 4) is 0 Å². The predicted molar refractivity (Wildman–Crippen MR) is 86.3 cm³/mol. The van der Waals surface area contributed by atoms with Gasteiger partial charge in [-0.1, -0.05) is 18.6 Å². The van der Waals surface area contributed by atoms with E-state index < -0.39 is 8.07 Å². The molecule has 1 atom stereocenters. The molecule has 1 aromatic carbocycles. The van der Waals surface area contributed by atoms with E-state index in [0.29, 0.717) is 5.41 Å². The molecular formula is C17H25FNOP. The lowest BCUT2D eigenvalue weighted by molar-refractivity contribution is 0.0145. The van der Waals surface area contributed by atoms with Gasteiger partial charge in [-0.25, -0.2) is 4.39 Å². The zero-order valence-corrected chi connectivity index (χ0v) is 13.4. The van der Waals surface area contributed by atoms with Crippen LogP contribution in [0.3, 0.4) is 0 Å². The van der Waals surface area contributed by atoms with Crippen molar-refractivity contribution in [2.24, 2.45) is 16.8 Å². The van der Waals surface area contributed by atoms with E-state index in [1.165, 1.54) is 31.4 Å². The van der Waals surface area contributed by atoms with Crippen LogP contribution in [-0.2, 0) is 0 Å².